The molecule has 2 aromatic carbocycles. The number of aromatic nitrogens is 2. The SMILES string of the molecule is Cc1cc[nH+]c(N[C@@H](c2ccccc2[N+](=O)[O-])c2ccc3cccnc3c2O)c1. The molecule has 3 N–H and O–H groups in total. The largest absolute Gasteiger partial charge is 0.505 e. The minimum absolute atomic E-state index is 0.00796. The van der Waals surface area contributed by atoms with Crippen LogP contribution in [0.1, 0.15) is 22.7 Å². The molecule has 1 atom stereocenters. The molecule has 7 nitrogen and oxygen atoms in total. The van der Waals surface area contributed by atoms with Gasteiger partial charge in [-0.2, -0.15) is 0 Å². The molecule has 2 aromatic heterocycles. The number of phenols is 1. The fraction of sp³-hybridized carbons (Fsp3) is 0.0909. The van der Waals surface area contributed by atoms with Crippen molar-refractivity contribution in [2.45, 2.75) is 13.0 Å². The van der Waals surface area contributed by atoms with Gasteiger partial charge in [0, 0.05) is 29.3 Å². The van der Waals surface area contributed by atoms with Crippen molar-refractivity contribution < 1.29 is 15.0 Å². The second-order valence-electron chi connectivity index (χ2n) is 6.75. The summed E-state index contributed by atoms with van der Waals surface area (Å²) < 4.78 is 0. The van der Waals surface area contributed by atoms with E-state index in [-0.39, 0.29) is 11.4 Å². The average Bonchev–Trinajstić information content (AvgIpc) is 2.73. The summed E-state index contributed by atoms with van der Waals surface area (Å²) in [5.74, 6) is 0.667. The lowest BCUT2D eigenvalue weighted by atomic mass is 9.95. The molecule has 144 valence electrons. The number of hydrogen-bond donors (Lipinski definition) is 2. The molecule has 0 spiro atoms. The molecule has 0 aliphatic carbocycles. The molecule has 0 radical (unpaired) electrons. The predicted molar refractivity (Wildman–Crippen MR) is 110 cm³/mol. The number of pyridine rings is 2. The standard InChI is InChI=1S/C22H18N4O3/c1-14-10-12-23-19(13-14)25-21(16-6-2-3-7-18(16)26(28)29)17-9-8-15-5-4-11-24-20(15)22(17)27/h2-13,21,27H,1H3,(H,23,25)/p+1/t21-/m0/s1. The van der Waals surface area contributed by atoms with Gasteiger partial charge in [-0.3, -0.25) is 20.4 Å². The van der Waals surface area contributed by atoms with Gasteiger partial charge in [0.2, 0.25) is 0 Å². The van der Waals surface area contributed by atoms with Crippen molar-refractivity contribution in [2.75, 3.05) is 5.32 Å². The highest BCUT2D eigenvalue weighted by Crippen LogP contribution is 2.38. The van der Waals surface area contributed by atoms with Crippen molar-refractivity contribution in [2.24, 2.45) is 0 Å². The lowest BCUT2D eigenvalue weighted by Gasteiger charge is -2.17. The summed E-state index contributed by atoms with van der Waals surface area (Å²) in [7, 11) is 0. The molecule has 4 aromatic rings. The van der Waals surface area contributed by atoms with Gasteiger partial charge in [0.1, 0.15) is 11.3 Å². The molecule has 4 rings (SSSR count). The maximum absolute atomic E-state index is 11.7. The lowest BCUT2D eigenvalue weighted by Crippen LogP contribution is -2.20. The van der Waals surface area contributed by atoms with Gasteiger partial charge < -0.3 is 5.11 Å². The molecule has 0 fully saturated rings. The number of phenolic OH excluding ortho intramolecular Hbond substituents is 1. The number of nitrogens with one attached hydrogen (secondary N) is 2. The van der Waals surface area contributed by atoms with Gasteiger partial charge >= 0.3 is 0 Å². The second kappa shape index (κ2) is 7.55. The zero-order valence-electron chi connectivity index (χ0n) is 15.7. The monoisotopic (exact) mass is 387 g/mol. The molecule has 0 unspecified atom stereocenters. The highest BCUT2D eigenvalue weighted by molar-refractivity contribution is 5.86. The molecular weight excluding hydrogens is 368 g/mol. The van der Waals surface area contributed by atoms with Crippen LogP contribution in [0.5, 0.6) is 5.75 Å². The maximum Gasteiger partial charge on any atom is 0.277 e. The number of H-pyrrole nitrogens is 1. The summed E-state index contributed by atoms with van der Waals surface area (Å²) >= 11 is 0. The highest BCUT2D eigenvalue weighted by atomic mass is 16.6. The van der Waals surface area contributed by atoms with Crippen LogP contribution in [0.25, 0.3) is 10.9 Å². The zero-order valence-corrected chi connectivity index (χ0v) is 15.7. The summed E-state index contributed by atoms with van der Waals surface area (Å²) in [5, 5.41) is 26.7. The van der Waals surface area contributed by atoms with Crippen LogP contribution >= 0.6 is 0 Å². The molecule has 0 bridgehead atoms. The third-order valence-electron chi connectivity index (χ3n) is 4.79. The van der Waals surface area contributed by atoms with E-state index in [2.05, 4.69) is 15.3 Å². The summed E-state index contributed by atoms with van der Waals surface area (Å²) in [6.07, 6.45) is 3.39. The summed E-state index contributed by atoms with van der Waals surface area (Å²) in [6.45, 7) is 1.95. The Bertz CT molecular complexity index is 1210. The highest BCUT2D eigenvalue weighted by Gasteiger charge is 2.30. The number of nitro groups is 1. The second-order valence-corrected chi connectivity index (χ2v) is 6.75. The summed E-state index contributed by atoms with van der Waals surface area (Å²) in [4.78, 5) is 18.6. The van der Waals surface area contributed by atoms with Gasteiger partial charge in [-0.05, 0) is 36.8 Å². The molecule has 29 heavy (non-hydrogen) atoms. The third kappa shape index (κ3) is 3.58. The third-order valence-corrected chi connectivity index (χ3v) is 4.79. The Morgan fingerprint density at radius 2 is 1.93 bits per heavy atom. The average molecular weight is 387 g/mol. The number of anilines is 1. The van der Waals surface area contributed by atoms with Crippen molar-refractivity contribution >= 4 is 22.4 Å². The molecule has 0 aliphatic heterocycles. The topological polar surface area (TPSA) is 102 Å². The van der Waals surface area contributed by atoms with Crippen molar-refractivity contribution in [1.29, 1.82) is 0 Å². The molecule has 0 aliphatic rings. The van der Waals surface area contributed by atoms with E-state index in [1.54, 1.807) is 42.7 Å². The minimum Gasteiger partial charge on any atom is -0.505 e. The number of hydrogen-bond acceptors (Lipinski definition) is 5. The van der Waals surface area contributed by atoms with E-state index < -0.39 is 11.0 Å². The molecule has 7 heteroatoms. The fourth-order valence-corrected chi connectivity index (χ4v) is 3.42. The smallest absolute Gasteiger partial charge is 0.277 e. The summed E-state index contributed by atoms with van der Waals surface area (Å²) in [6, 6.07) is 16.9. The van der Waals surface area contributed by atoms with E-state index in [0.717, 1.165) is 10.9 Å². The fourth-order valence-electron chi connectivity index (χ4n) is 3.42. The van der Waals surface area contributed by atoms with Crippen molar-refractivity contribution in [1.82, 2.24) is 4.98 Å². The molecule has 0 saturated heterocycles. The van der Waals surface area contributed by atoms with E-state index in [1.165, 1.54) is 6.07 Å². The number of rotatable bonds is 5. The maximum atomic E-state index is 11.7. The van der Waals surface area contributed by atoms with E-state index in [4.69, 9.17) is 0 Å². The van der Waals surface area contributed by atoms with Crippen molar-refractivity contribution in [3.05, 3.63) is 99.9 Å². The Hall–Kier alpha value is -4.00. The Kier molecular flexibility index (Phi) is 4.78. The number of aryl methyl sites for hydroxylation is 1. The van der Waals surface area contributed by atoms with Crippen LogP contribution in [0.2, 0.25) is 0 Å². The van der Waals surface area contributed by atoms with E-state index in [9.17, 15) is 15.2 Å². The van der Waals surface area contributed by atoms with Gasteiger partial charge in [0.15, 0.2) is 6.04 Å². The summed E-state index contributed by atoms with van der Waals surface area (Å²) in [5.41, 5.74) is 2.39. The van der Waals surface area contributed by atoms with E-state index in [0.29, 0.717) is 22.5 Å². The number of aromatic hydroxyl groups is 1. The molecular formula is C22H19N4O3+. The lowest BCUT2D eigenvalue weighted by molar-refractivity contribution is -0.385. The molecule has 2 heterocycles. The minimum atomic E-state index is -0.666. The Morgan fingerprint density at radius 1 is 1.10 bits per heavy atom. The van der Waals surface area contributed by atoms with Crippen LogP contribution in [0.3, 0.4) is 0 Å². The van der Waals surface area contributed by atoms with Crippen LogP contribution in [-0.2, 0) is 0 Å². The van der Waals surface area contributed by atoms with Gasteiger partial charge in [-0.25, -0.2) is 4.98 Å². The molecule has 0 saturated carbocycles. The first kappa shape index (κ1) is 18.4. The quantitative estimate of drug-likeness (QED) is 0.395. The number of benzene rings is 2. The van der Waals surface area contributed by atoms with Gasteiger partial charge in [-0.15, -0.1) is 0 Å². The Morgan fingerprint density at radius 3 is 2.72 bits per heavy atom. The van der Waals surface area contributed by atoms with Crippen LogP contribution < -0.4 is 10.3 Å². The normalized spacial score (nSPS) is 11.9. The van der Waals surface area contributed by atoms with Crippen molar-refractivity contribution in [3.8, 4) is 5.75 Å². The van der Waals surface area contributed by atoms with Crippen LogP contribution in [0.15, 0.2) is 73.1 Å². The van der Waals surface area contributed by atoms with Crippen LogP contribution in [0, 0.1) is 17.0 Å². The number of nitrogens with zero attached hydrogens (tertiary/aromatic N) is 2. The number of aromatic amines is 1. The van der Waals surface area contributed by atoms with Gasteiger partial charge in [-0.1, -0.05) is 24.3 Å². The number of nitro benzene ring substituents is 1. The Balaban J connectivity index is 1.92. The van der Waals surface area contributed by atoms with E-state index >= 15 is 0 Å². The van der Waals surface area contributed by atoms with Gasteiger partial charge in [0.25, 0.3) is 11.5 Å². The first-order valence-corrected chi connectivity index (χ1v) is 9.09. The van der Waals surface area contributed by atoms with Gasteiger partial charge in [0.05, 0.1) is 16.7 Å². The first-order valence-electron chi connectivity index (χ1n) is 9.09. The number of fused-ring (bicyclic) bond motifs is 1. The Labute approximate surface area is 166 Å². The number of para-hydroxylation sites is 1. The van der Waals surface area contributed by atoms with E-state index in [1.807, 2.05) is 31.2 Å². The zero-order chi connectivity index (χ0) is 20.4. The van der Waals surface area contributed by atoms with Crippen LogP contribution in [-0.4, -0.2) is 15.0 Å². The first-order chi connectivity index (χ1) is 14.0. The van der Waals surface area contributed by atoms with Crippen LogP contribution in [0.4, 0.5) is 11.5 Å². The van der Waals surface area contributed by atoms with Crippen molar-refractivity contribution in [3.63, 3.8) is 0 Å². The predicted octanol–water partition coefficient (Wildman–Crippen LogP) is 4.17. The molecule has 0 amide bonds.